The highest BCUT2D eigenvalue weighted by atomic mass is 127. The normalized spacial score (nSPS) is 14.9. The van der Waals surface area contributed by atoms with Crippen molar-refractivity contribution in [3.8, 4) is 5.75 Å². The Balaban J connectivity index is 0.00000300. The summed E-state index contributed by atoms with van der Waals surface area (Å²) in [5.41, 5.74) is 7.94. The van der Waals surface area contributed by atoms with Gasteiger partial charge in [0, 0.05) is 18.8 Å². The lowest BCUT2D eigenvalue weighted by atomic mass is 10.2. The Labute approximate surface area is 183 Å². The topological polar surface area (TPSA) is 72.1 Å². The van der Waals surface area contributed by atoms with Crippen LogP contribution in [-0.2, 0) is 11.3 Å². The quantitative estimate of drug-likeness (QED) is 0.354. The molecule has 1 saturated heterocycles. The monoisotopic (exact) mass is 522 g/mol. The van der Waals surface area contributed by atoms with E-state index in [1.54, 1.807) is 6.07 Å². The third-order valence-electron chi connectivity index (χ3n) is 4.12. The SMILES string of the molecule is I.NC(=NCc1ccc(N2CCOCC2)cc1)Nc1ccccc1OC(F)(F)F. The molecule has 29 heavy (non-hydrogen) atoms. The van der Waals surface area contributed by atoms with Crippen molar-refractivity contribution in [2.24, 2.45) is 10.7 Å². The summed E-state index contributed by atoms with van der Waals surface area (Å²) in [6.07, 6.45) is -4.79. The molecular weight excluding hydrogens is 500 g/mol. The van der Waals surface area contributed by atoms with Crippen LogP contribution in [0.2, 0.25) is 0 Å². The Morgan fingerprint density at radius 2 is 1.76 bits per heavy atom. The standard InChI is InChI=1S/C19H21F3N4O2.HI/c20-19(21,22)28-17-4-2-1-3-16(17)25-18(23)24-13-14-5-7-15(8-6-14)26-9-11-27-12-10-26;/h1-8H,9-13H2,(H3,23,24,25);1H. The van der Waals surface area contributed by atoms with Gasteiger partial charge in [0.15, 0.2) is 11.7 Å². The number of nitrogens with two attached hydrogens (primary N) is 1. The minimum Gasteiger partial charge on any atom is -0.404 e. The first-order valence-corrected chi connectivity index (χ1v) is 8.74. The van der Waals surface area contributed by atoms with Gasteiger partial charge in [0.05, 0.1) is 25.4 Å². The van der Waals surface area contributed by atoms with Crippen LogP contribution in [0.3, 0.4) is 0 Å². The fraction of sp³-hybridized carbons (Fsp3) is 0.316. The summed E-state index contributed by atoms with van der Waals surface area (Å²) in [7, 11) is 0. The van der Waals surface area contributed by atoms with Crippen molar-refractivity contribution < 1.29 is 22.6 Å². The molecule has 6 nitrogen and oxygen atoms in total. The molecule has 2 aromatic carbocycles. The Hall–Kier alpha value is -2.21. The number of para-hydroxylation sites is 2. The van der Waals surface area contributed by atoms with E-state index < -0.39 is 6.36 Å². The Morgan fingerprint density at radius 3 is 2.41 bits per heavy atom. The highest BCUT2D eigenvalue weighted by Gasteiger charge is 2.32. The van der Waals surface area contributed by atoms with E-state index in [9.17, 15) is 13.2 Å². The molecule has 0 spiro atoms. The molecule has 158 valence electrons. The van der Waals surface area contributed by atoms with Gasteiger partial charge in [0.25, 0.3) is 0 Å². The minimum absolute atomic E-state index is 0. The number of ether oxygens (including phenoxy) is 2. The van der Waals surface area contributed by atoms with Crippen molar-refractivity contribution in [1.29, 1.82) is 0 Å². The van der Waals surface area contributed by atoms with Crippen LogP contribution in [0.1, 0.15) is 5.56 Å². The Bertz CT molecular complexity index is 810. The van der Waals surface area contributed by atoms with E-state index in [0.29, 0.717) is 19.8 Å². The predicted molar refractivity (Wildman–Crippen MR) is 117 cm³/mol. The van der Waals surface area contributed by atoms with Crippen molar-refractivity contribution in [3.05, 3.63) is 54.1 Å². The molecule has 1 aliphatic rings. The molecule has 2 aromatic rings. The number of halogens is 4. The maximum absolute atomic E-state index is 12.5. The second kappa shape index (κ2) is 10.5. The molecule has 1 fully saturated rings. The highest BCUT2D eigenvalue weighted by Crippen LogP contribution is 2.29. The first kappa shape index (κ1) is 23.1. The van der Waals surface area contributed by atoms with Crippen LogP contribution in [-0.4, -0.2) is 38.6 Å². The molecule has 0 bridgehead atoms. The van der Waals surface area contributed by atoms with Crippen LogP contribution in [0.15, 0.2) is 53.5 Å². The lowest BCUT2D eigenvalue weighted by Crippen LogP contribution is -2.36. The first-order valence-electron chi connectivity index (χ1n) is 8.74. The number of guanidine groups is 1. The van der Waals surface area contributed by atoms with Crippen molar-refractivity contribution in [2.75, 3.05) is 36.5 Å². The summed E-state index contributed by atoms with van der Waals surface area (Å²) in [4.78, 5) is 6.42. The van der Waals surface area contributed by atoms with Crippen molar-refractivity contribution >= 4 is 41.3 Å². The van der Waals surface area contributed by atoms with E-state index in [4.69, 9.17) is 10.5 Å². The van der Waals surface area contributed by atoms with Gasteiger partial charge in [-0.2, -0.15) is 0 Å². The van der Waals surface area contributed by atoms with Gasteiger partial charge in [-0.05, 0) is 29.8 Å². The zero-order chi connectivity index (χ0) is 20.0. The third kappa shape index (κ3) is 7.28. The van der Waals surface area contributed by atoms with E-state index in [2.05, 4.69) is 19.9 Å². The van der Waals surface area contributed by atoms with Gasteiger partial charge < -0.3 is 25.4 Å². The van der Waals surface area contributed by atoms with Gasteiger partial charge in [-0.1, -0.05) is 24.3 Å². The summed E-state index contributed by atoms with van der Waals surface area (Å²) in [5.74, 6) is -0.376. The molecule has 3 N–H and O–H groups in total. The maximum atomic E-state index is 12.5. The van der Waals surface area contributed by atoms with Gasteiger partial charge in [0.1, 0.15) is 0 Å². The number of nitrogens with zero attached hydrogens (tertiary/aromatic N) is 2. The smallest absolute Gasteiger partial charge is 0.404 e. The molecule has 1 heterocycles. The third-order valence-corrected chi connectivity index (χ3v) is 4.12. The van der Waals surface area contributed by atoms with Gasteiger partial charge in [-0.3, -0.25) is 0 Å². The Morgan fingerprint density at radius 1 is 1.10 bits per heavy atom. The summed E-state index contributed by atoms with van der Waals surface area (Å²) in [6.45, 7) is 3.44. The van der Waals surface area contributed by atoms with Crippen LogP contribution in [0.25, 0.3) is 0 Å². The lowest BCUT2D eigenvalue weighted by Gasteiger charge is -2.28. The molecule has 0 aliphatic carbocycles. The molecule has 0 aromatic heterocycles. The van der Waals surface area contributed by atoms with E-state index in [0.717, 1.165) is 24.3 Å². The molecule has 1 aliphatic heterocycles. The number of hydrogen-bond acceptors (Lipinski definition) is 4. The van der Waals surface area contributed by atoms with Gasteiger partial charge in [-0.25, -0.2) is 4.99 Å². The highest BCUT2D eigenvalue weighted by molar-refractivity contribution is 14.0. The number of nitrogens with one attached hydrogen (secondary N) is 1. The van der Waals surface area contributed by atoms with Crippen LogP contribution < -0.4 is 20.7 Å². The molecule has 0 radical (unpaired) electrons. The molecular formula is C19H22F3IN4O2. The van der Waals surface area contributed by atoms with Crippen LogP contribution >= 0.6 is 24.0 Å². The number of morpholine rings is 1. The predicted octanol–water partition coefficient (Wildman–Crippen LogP) is 3.97. The average Bonchev–Trinajstić information content (AvgIpc) is 2.68. The fourth-order valence-corrected chi connectivity index (χ4v) is 2.77. The summed E-state index contributed by atoms with van der Waals surface area (Å²) < 4.78 is 46.7. The second-order valence-electron chi connectivity index (χ2n) is 6.14. The molecule has 0 amide bonds. The zero-order valence-corrected chi connectivity index (χ0v) is 17.8. The maximum Gasteiger partial charge on any atom is 0.573 e. The molecule has 0 saturated carbocycles. The van der Waals surface area contributed by atoms with E-state index in [-0.39, 0.29) is 41.4 Å². The molecule has 0 unspecified atom stereocenters. The number of alkyl halides is 3. The average molecular weight is 522 g/mol. The number of aliphatic imine (C=N–C) groups is 1. The number of hydrogen-bond donors (Lipinski definition) is 2. The second-order valence-corrected chi connectivity index (χ2v) is 6.14. The van der Waals surface area contributed by atoms with Crippen molar-refractivity contribution in [2.45, 2.75) is 12.9 Å². The van der Waals surface area contributed by atoms with E-state index in [1.807, 2.05) is 24.3 Å². The number of anilines is 2. The van der Waals surface area contributed by atoms with Crippen LogP contribution in [0.5, 0.6) is 5.75 Å². The Kier molecular flexibility index (Phi) is 8.38. The number of benzene rings is 2. The van der Waals surface area contributed by atoms with E-state index in [1.165, 1.54) is 18.2 Å². The molecule has 0 atom stereocenters. The summed E-state index contributed by atoms with van der Waals surface area (Å²) in [6, 6.07) is 13.6. The van der Waals surface area contributed by atoms with Gasteiger partial charge in [-0.15, -0.1) is 37.1 Å². The largest absolute Gasteiger partial charge is 0.573 e. The zero-order valence-electron chi connectivity index (χ0n) is 15.5. The minimum atomic E-state index is -4.79. The van der Waals surface area contributed by atoms with Crippen LogP contribution in [0, 0.1) is 0 Å². The fourth-order valence-electron chi connectivity index (χ4n) is 2.77. The number of rotatable bonds is 5. The van der Waals surface area contributed by atoms with Crippen LogP contribution in [0.4, 0.5) is 24.5 Å². The van der Waals surface area contributed by atoms with Crippen molar-refractivity contribution in [1.82, 2.24) is 0 Å². The van der Waals surface area contributed by atoms with Gasteiger partial charge in [0.2, 0.25) is 0 Å². The molecule has 10 heteroatoms. The van der Waals surface area contributed by atoms with E-state index >= 15 is 0 Å². The molecule has 3 rings (SSSR count). The summed E-state index contributed by atoms with van der Waals surface area (Å²) >= 11 is 0. The lowest BCUT2D eigenvalue weighted by molar-refractivity contribution is -0.274. The van der Waals surface area contributed by atoms with Gasteiger partial charge >= 0.3 is 6.36 Å². The first-order chi connectivity index (χ1) is 13.4. The summed E-state index contributed by atoms with van der Waals surface area (Å²) in [5, 5.41) is 2.65. The van der Waals surface area contributed by atoms with Crippen molar-refractivity contribution in [3.63, 3.8) is 0 Å².